The fourth-order valence-electron chi connectivity index (χ4n) is 3.10. The smallest absolute Gasteiger partial charge is 0.231 e. The van der Waals surface area contributed by atoms with E-state index in [1.54, 1.807) is 18.5 Å². The van der Waals surface area contributed by atoms with Gasteiger partial charge in [-0.15, -0.1) is 0 Å². The molecule has 0 saturated carbocycles. The number of aromatic nitrogens is 3. The summed E-state index contributed by atoms with van der Waals surface area (Å²) in [5, 5.41) is 4.01. The van der Waals surface area contributed by atoms with Crippen molar-refractivity contribution in [2.24, 2.45) is 0 Å². The second-order valence-corrected chi connectivity index (χ2v) is 6.13. The highest BCUT2D eigenvalue weighted by molar-refractivity contribution is 5.51. The fourth-order valence-corrected chi connectivity index (χ4v) is 3.10. The number of likely N-dealkylation sites (tertiary alicyclic amines) is 1. The molecule has 7 heteroatoms. The Labute approximate surface area is 143 Å². The van der Waals surface area contributed by atoms with Crippen molar-refractivity contribution in [2.75, 3.05) is 13.1 Å². The number of hydrogen-bond donors (Lipinski definition) is 0. The first-order chi connectivity index (χ1) is 12.2. The van der Waals surface area contributed by atoms with E-state index in [9.17, 15) is 8.78 Å². The molecule has 1 aromatic carbocycles. The third kappa shape index (κ3) is 3.28. The van der Waals surface area contributed by atoms with Gasteiger partial charge in [-0.05, 0) is 31.2 Å². The molecule has 1 saturated heterocycles. The maximum Gasteiger partial charge on any atom is 0.231 e. The Bertz CT molecular complexity index is 869. The molecule has 0 unspecified atom stereocenters. The molecular formula is C18H16F2N4O. The Morgan fingerprint density at radius 1 is 1.20 bits per heavy atom. The lowest BCUT2D eigenvalue weighted by Crippen LogP contribution is -2.20. The van der Waals surface area contributed by atoms with Gasteiger partial charge in [0.05, 0.1) is 5.92 Å². The second kappa shape index (κ2) is 6.68. The monoisotopic (exact) mass is 342 g/mol. The van der Waals surface area contributed by atoms with Crippen LogP contribution in [0.25, 0.3) is 11.4 Å². The van der Waals surface area contributed by atoms with Crippen molar-refractivity contribution in [3.8, 4) is 11.4 Å². The number of nitrogens with zero attached hydrogens (tertiary/aromatic N) is 4. The molecule has 1 aliphatic rings. The number of hydrogen-bond acceptors (Lipinski definition) is 5. The summed E-state index contributed by atoms with van der Waals surface area (Å²) in [7, 11) is 0. The molecule has 128 valence electrons. The van der Waals surface area contributed by atoms with Crippen LogP contribution in [0.4, 0.5) is 8.78 Å². The first-order valence-electron chi connectivity index (χ1n) is 8.10. The van der Waals surface area contributed by atoms with Crippen LogP contribution in [0.2, 0.25) is 0 Å². The third-order valence-corrected chi connectivity index (χ3v) is 4.41. The molecule has 4 rings (SSSR count). The molecule has 1 aliphatic heterocycles. The molecule has 2 aromatic heterocycles. The molecule has 25 heavy (non-hydrogen) atoms. The zero-order valence-electron chi connectivity index (χ0n) is 13.4. The van der Waals surface area contributed by atoms with Gasteiger partial charge in [-0.3, -0.25) is 9.88 Å². The van der Waals surface area contributed by atoms with Gasteiger partial charge in [-0.1, -0.05) is 17.3 Å². The van der Waals surface area contributed by atoms with Crippen molar-refractivity contribution >= 4 is 0 Å². The number of pyridine rings is 1. The molecule has 3 heterocycles. The molecule has 0 N–H and O–H groups in total. The van der Waals surface area contributed by atoms with E-state index in [-0.39, 0.29) is 5.92 Å². The molecule has 0 spiro atoms. The van der Waals surface area contributed by atoms with Crippen LogP contribution in [0.3, 0.4) is 0 Å². The predicted molar refractivity (Wildman–Crippen MR) is 86.5 cm³/mol. The van der Waals surface area contributed by atoms with Crippen LogP contribution in [-0.2, 0) is 6.54 Å². The van der Waals surface area contributed by atoms with Crippen molar-refractivity contribution in [2.45, 2.75) is 18.9 Å². The minimum Gasteiger partial charge on any atom is -0.339 e. The van der Waals surface area contributed by atoms with Gasteiger partial charge in [0.25, 0.3) is 0 Å². The van der Waals surface area contributed by atoms with Gasteiger partial charge in [0.1, 0.15) is 0 Å². The Hall–Kier alpha value is -2.67. The van der Waals surface area contributed by atoms with Crippen molar-refractivity contribution in [3.05, 3.63) is 65.8 Å². The standard InChI is InChI=1S/C18H16F2N4O/c19-15-5-1-3-13(16(15)20)10-24-8-6-14(11-24)18-22-17(23-25-18)12-4-2-7-21-9-12/h1-5,7,9,14H,6,8,10-11H2/t14-/m0/s1. The Morgan fingerprint density at radius 3 is 2.96 bits per heavy atom. The summed E-state index contributed by atoms with van der Waals surface area (Å²) in [5.41, 5.74) is 1.16. The average molecular weight is 342 g/mol. The molecule has 1 atom stereocenters. The predicted octanol–water partition coefficient (Wildman–Crippen LogP) is 3.40. The highest BCUT2D eigenvalue weighted by atomic mass is 19.2. The van der Waals surface area contributed by atoms with E-state index in [0.29, 0.717) is 30.4 Å². The van der Waals surface area contributed by atoms with Crippen LogP contribution < -0.4 is 0 Å². The van der Waals surface area contributed by atoms with E-state index in [0.717, 1.165) is 24.6 Å². The summed E-state index contributed by atoms with van der Waals surface area (Å²) < 4.78 is 32.5. The summed E-state index contributed by atoms with van der Waals surface area (Å²) in [6, 6.07) is 7.95. The van der Waals surface area contributed by atoms with Crippen LogP contribution >= 0.6 is 0 Å². The Kier molecular flexibility index (Phi) is 4.23. The molecule has 0 bridgehead atoms. The Morgan fingerprint density at radius 2 is 2.12 bits per heavy atom. The van der Waals surface area contributed by atoms with E-state index >= 15 is 0 Å². The number of benzene rings is 1. The topological polar surface area (TPSA) is 55.1 Å². The van der Waals surface area contributed by atoms with Crippen LogP contribution in [0.1, 0.15) is 23.8 Å². The van der Waals surface area contributed by atoms with Gasteiger partial charge in [-0.25, -0.2) is 8.78 Å². The van der Waals surface area contributed by atoms with E-state index < -0.39 is 11.6 Å². The lowest BCUT2D eigenvalue weighted by Gasteiger charge is -2.15. The average Bonchev–Trinajstić information content (AvgIpc) is 3.29. The molecule has 0 amide bonds. The summed E-state index contributed by atoms with van der Waals surface area (Å²) in [6.45, 7) is 1.81. The zero-order valence-corrected chi connectivity index (χ0v) is 13.4. The van der Waals surface area contributed by atoms with Crippen molar-refractivity contribution in [1.82, 2.24) is 20.0 Å². The number of halogens is 2. The molecule has 5 nitrogen and oxygen atoms in total. The third-order valence-electron chi connectivity index (χ3n) is 4.41. The first-order valence-corrected chi connectivity index (χ1v) is 8.10. The van der Waals surface area contributed by atoms with Crippen LogP contribution in [0.15, 0.2) is 47.2 Å². The van der Waals surface area contributed by atoms with Gasteiger partial charge in [-0.2, -0.15) is 4.98 Å². The summed E-state index contributed by atoms with van der Waals surface area (Å²) in [6.07, 6.45) is 4.21. The Balaban J connectivity index is 1.44. The fraction of sp³-hybridized carbons (Fsp3) is 0.278. The van der Waals surface area contributed by atoms with Gasteiger partial charge in [0.15, 0.2) is 11.6 Å². The summed E-state index contributed by atoms with van der Waals surface area (Å²) in [4.78, 5) is 10.6. The summed E-state index contributed by atoms with van der Waals surface area (Å²) in [5.74, 6) is -0.415. The maximum absolute atomic E-state index is 13.8. The molecule has 3 aromatic rings. The highest BCUT2D eigenvalue weighted by Crippen LogP contribution is 2.29. The van der Waals surface area contributed by atoms with Gasteiger partial charge < -0.3 is 4.52 Å². The van der Waals surface area contributed by atoms with Crippen molar-refractivity contribution in [3.63, 3.8) is 0 Å². The van der Waals surface area contributed by atoms with Gasteiger partial charge >= 0.3 is 0 Å². The SMILES string of the molecule is Fc1cccc(CN2CC[C@H](c3nc(-c4cccnc4)no3)C2)c1F. The van der Waals surface area contributed by atoms with Crippen LogP contribution in [-0.4, -0.2) is 33.1 Å². The summed E-state index contributed by atoms with van der Waals surface area (Å²) >= 11 is 0. The van der Waals surface area contributed by atoms with Gasteiger partial charge in [0, 0.05) is 36.6 Å². The second-order valence-electron chi connectivity index (χ2n) is 6.13. The maximum atomic E-state index is 13.8. The lowest BCUT2D eigenvalue weighted by atomic mass is 10.1. The largest absolute Gasteiger partial charge is 0.339 e. The minimum absolute atomic E-state index is 0.0922. The van der Waals surface area contributed by atoms with Crippen LogP contribution in [0.5, 0.6) is 0 Å². The van der Waals surface area contributed by atoms with Gasteiger partial charge in [0.2, 0.25) is 11.7 Å². The molecule has 0 aliphatic carbocycles. The van der Waals surface area contributed by atoms with E-state index in [2.05, 4.69) is 20.0 Å². The molecular weight excluding hydrogens is 326 g/mol. The van der Waals surface area contributed by atoms with Crippen LogP contribution in [0, 0.1) is 11.6 Å². The highest BCUT2D eigenvalue weighted by Gasteiger charge is 2.29. The van der Waals surface area contributed by atoms with E-state index in [1.807, 2.05) is 12.1 Å². The van der Waals surface area contributed by atoms with Crippen molar-refractivity contribution < 1.29 is 13.3 Å². The number of rotatable bonds is 4. The molecule has 1 fully saturated rings. The first kappa shape index (κ1) is 15.8. The van der Waals surface area contributed by atoms with E-state index in [4.69, 9.17) is 4.52 Å². The normalized spacial score (nSPS) is 17.9. The quantitative estimate of drug-likeness (QED) is 0.727. The zero-order chi connectivity index (χ0) is 17.2. The molecule has 0 radical (unpaired) electrons. The lowest BCUT2D eigenvalue weighted by molar-refractivity contribution is 0.303. The minimum atomic E-state index is -0.814. The van der Waals surface area contributed by atoms with E-state index in [1.165, 1.54) is 6.07 Å². The van der Waals surface area contributed by atoms with Crippen molar-refractivity contribution in [1.29, 1.82) is 0 Å².